The largest absolute Gasteiger partial charge is 0.357 e. The second-order valence-electron chi connectivity index (χ2n) is 5.13. The van der Waals surface area contributed by atoms with Crippen molar-refractivity contribution >= 4 is 53.1 Å². The number of hydrogen-bond acceptors (Lipinski definition) is 3. The molecule has 0 aliphatic carbocycles. The van der Waals surface area contributed by atoms with Crippen LogP contribution in [0.4, 0.5) is 0 Å². The van der Waals surface area contributed by atoms with Crippen molar-refractivity contribution < 1.29 is 0 Å². The minimum absolute atomic E-state index is 0. The number of aryl methyl sites for hydroxylation is 1. The Kier molecular flexibility index (Phi) is 8.79. The maximum Gasteiger partial charge on any atom is 0.194 e. The number of rotatable bonds is 5. The van der Waals surface area contributed by atoms with Crippen molar-refractivity contribution in [1.29, 1.82) is 0 Å². The predicted molar refractivity (Wildman–Crippen MR) is 109 cm³/mol. The lowest BCUT2D eigenvalue weighted by Gasteiger charge is -2.22. The molecular formula is C15H21Cl2IN6. The molecule has 0 bridgehead atoms. The first-order valence-electron chi connectivity index (χ1n) is 7.27. The molecule has 1 N–H and O–H groups in total. The van der Waals surface area contributed by atoms with Gasteiger partial charge in [-0.1, -0.05) is 29.3 Å². The number of benzene rings is 1. The third kappa shape index (κ3) is 5.78. The van der Waals surface area contributed by atoms with E-state index in [9.17, 15) is 0 Å². The molecule has 9 heteroatoms. The summed E-state index contributed by atoms with van der Waals surface area (Å²) in [6, 6.07) is 5.63. The molecule has 24 heavy (non-hydrogen) atoms. The van der Waals surface area contributed by atoms with Gasteiger partial charge in [0.1, 0.15) is 12.9 Å². The molecule has 0 amide bonds. The van der Waals surface area contributed by atoms with Crippen LogP contribution < -0.4 is 5.32 Å². The van der Waals surface area contributed by atoms with Crippen LogP contribution in [0.2, 0.25) is 10.0 Å². The molecule has 2 rings (SSSR count). The Morgan fingerprint density at radius 3 is 2.67 bits per heavy atom. The quantitative estimate of drug-likeness (QED) is 0.403. The van der Waals surface area contributed by atoms with Gasteiger partial charge >= 0.3 is 0 Å². The Balaban J connectivity index is 0.00000288. The average molecular weight is 483 g/mol. The monoisotopic (exact) mass is 482 g/mol. The van der Waals surface area contributed by atoms with Gasteiger partial charge in [0.15, 0.2) is 11.8 Å². The zero-order valence-corrected chi connectivity index (χ0v) is 17.7. The fourth-order valence-corrected chi connectivity index (χ4v) is 2.37. The van der Waals surface area contributed by atoms with Crippen molar-refractivity contribution in [3.63, 3.8) is 0 Å². The van der Waals surface area contributed by atoms with Crippen LogP contribution in [0.25, 0.3) is 0 Å². The molecule has 0 radical (unpaired) electrons. The lowest BCUT2D eigenvalue weighted by molar-refractivity contribution is 0.476. The highest BCUT2D eigenvalue weighted by atomic mass is 127. The van der Waals surface area contributed by atoms with Crippen LogP contribution in [-0.2, 0) is 20.1 Å². The van der Waals surface area contributed by atoms with Crippen LogP contribution in [0.15, 0.2) is 29.5 Å². The fraction of sp³-hybridized carbons (Fsp3) is 0.400. The summed E-state index contributed by atoms with van der Waals surface area (Å²) in [6.07, 6.45) is 1.66. The van der Waals surface area contributed by atoms with E-state index >= 15 is 0 Å². The lowest BCUT2D eigenvalue weighted by Crippen LogP contribution is -2.38. The van der Waals surface area contributed by atoms with Gasteiger partial charge < -0.3 is 14.8 Å². The van der Waals surface area contributed by atoms with Gasteiger partial charge in [0.2, 0.25) is 0 Å². The van der Waals surface area contributed by atoms with E-state index in [-0.39, 0.29) is 24.0 Å². The topological polar surface area (TPSA) is 58.3 Å². The molecule has 1 aromatic heterocycles. The summed E-state index contributed by atoms with van der Waals surface area (Å²) in [7, 11) is 3.87. The van der Waals surface area contributed by atoms with E-state index in [1.54, 1.807) is 12.4 Å². The molecule has 0 saturated carbocycles. The second-order valence-corrected chi connectivity index (χ2v) is 5.95. The van der Waals surface area contributed by atoms with E-state index in [1.165, 1.54) is 0 Å². The normalized spacial score (nSPS) is 11.1. The van der Waals surface area contributed by atoms with Gasteiger partial charge in [-0.25, -0.2) is 4.99 Å². The maximum atomic E-state index is 6.07. The highest BCUT2D eigenvalue weighted by Gasteiger charge is 2.09. The number of nitrogens with one attached hydrogen (secondary N) is 1. The third-order valence-corrected chi connectivity index (χ3v) is 4.01. The van der Waals surface area contributed by atoms with E-state index in [2.05, 4.69) is 20.5 Å². The van der Waals surface area contributed by atoms with Crippen LogP contribution in [-0.4, -0.2) is 39.2 Å². The van der Waals surface area contributed by atoms with Gasteiger partial charge in [-0.15, -0.1) is 34.2 Å². The molecule has 2 aromatic rings. The molecule has 0 saturated heterocycles. The third-order valence-electron chi connectivity index (χ3n) is 3.28. The molecule has 0 aliphatic rings. The van der Waals surface area contributed by atoms with E-state index < -0.39 is 0 Å². The fourth-order valence-electron chi connectivity index (χ4n) is 2.05. The van der Waals surface area contributed by atoms with Gasteiger partial charge in [0, 0.05) is 27.2 Å². The zero-order valence-electron chi connectivity index (χ0n) is 13.8. The van der Waals surface area contributed by atoms with Crippen molar-refractivity contribution in [2.75, 3.05) is 13.6 Å². The molecule has 0 atom stereocenters. The summed E-state index contributed by atoms with van der Waals surface area (Å²) < 4.78 is 1.85. The Morgan fingerprint density at radius 1 is 1.33 bits per heavy atom. The highest BCUT2D eigenvalue weighted by molar-refractivity contribution is 14.0. The summed E-state index contributed by atoms with van der Waals surface area (Å²) in [4.78, 5) is 6.63. The Hall–Kier alpha value is -1.06. The Labute approximate surface area is 169 Å². The number of nitrogens with zero attached hydrogens (tertiary/aromatic N) is 5. The zero-order chi connectivity index (χ0) is 16.8. The van der Waals surface area contributed by atoms with E-state index in [0.29, 0.717) is 23.1 Å². The molecule has 0 aliphatic heterocycles. The standard InChI is InChI=1S/C15H20Cl2N6.HI/c1-4-18-15(19-8-14-21-20-10-23(14)3)22(2)9-11-5-6-12(16)13(17)7-11;/h5-7,10H,4,8-9H2,1-3H3,(H,18,19);1H. The van der Waals surface area contributed by atoms with Crippen LogP contribution >= 0.6 is 47.2 Å². The van der Waals surface area contributed by atoms with Crippen LogP contribution in [0.5, 0.6) is 0 Å². The summed E-state index contributed by atoms with van der Waals surface area (Å²) in [5, 5.41) is 12.3. The first-order valence-corrected chi connectivity index (χ1v) is 8.03. The van der Waals surface area contributed by atoms with Crippen molar-refractivity contribution in [2.45, 2.75) is 20.0 Å². The Bertz CT molecular complexity index is 688. The van der Waals surface area contributed by atoms with Gasteiger partial charge in [-0.3, -0.25) is 0 Å². The van der Waals surface area contributed by atoms with Gasteiger partial charge in [0.25, 0.3) is 0 Å². The predicted octanol–water partition coefficient (Wildman–Crippen LogP) is 3.34. The minimum Gasteiger partial charge on any atom is -0.357 e. The SMILES string of the molecule is CCNC(=NCc1nncn1C)N(C)Cc1ccc(Cl)c(Cl)c1.I. The van der Waals surface area contributed by atoms with Gasteiger partial charge in [-0.2, -0.15) is 0 Å². The van der Waals surface area contributed by atoms with Crippen molar-refractivity contribution in [3.8, 4) is 0 Å². The smallest absolute Gasteiger partial charge is 0.194 e. The summed E-state index contributed by atoms with van der Waals surface area (Å²) >= 11 is 12.0. The van der Waals surface area contributed by atoms with Crippen LogP contribution in [0.3, 0.4) is 0 Å². The molecule has 1 aromatic carbocycles. The minimum atomic E-state index is 0. The van der Waals surface area contributed by atoms with E-state index in [4.69, 9.17) is 23.2 Å². The molecule has 0 fully saturated rings. The molecular weight excluding hydrogens is 462 g/mol. The first kappa shape index (κ1) is 21.0. The molecule has 1 heterocycles. The molecule has 132 valence electrons. The van der Waals surface area contributed by atoms with Crippen molar-refractivity contribution in [3.05, 3.63) is 46.0 Å². The summed E-state index contributed by atoms with van der Waals surface area (Å²) in [6.45, 7) is 3.94. The number of halogens is 3. The van der Waals surface area contributed by atoms with Crippen LogP contribution in [0, 0.1) is 0 Å². The van der Waals surface area contributed by atoms with Gasteiger partial charge in [-0.05, 0) is 24.6 Å². The first-order chi connectivity index (χ1) is 11.0. The summed E-state index contributed by atoms with van der Waals surface area (Å²) in [5.74, 6) is 1.60. The van der Waals surface area contributed by atoms with E-state index in [1.807, 2.05) is 42.6 Å². The molecule has 6 nitrogen and oxygen atoms in total. The van der Waals surface area contributed by atoms with Crippen molar-refractivity contribution in [2.24, 2.45) is 12.0 Å². The maximum absolute atomic E-state index is 6.07. The lowest BCUT2D eigenvalue weighted by atomic mass is 10.2. The van der Waals surface area contributed by atoms with E-state index in [0.717, 1.165) is 23.9 Å². The summed E-state index contributed by atoms with van der Waals surface area (Å²) in [5.41, 5.74) is 1.06. The average Bonchev–Trinajstić information content (AvgIpc) is 2.92. The van der Waals surface area contributed by atoms with Gasteiger partial charge in [0.05, 0.1) is 10.0 Å². The number of aliphatic imine (C=N–C) groups is 1. The molecule has 0 spiro atoms. The van der Waals surface area contributed by atoms with Crippen LogP contribution in [0.1, 0.15) is 18.3 Å². The highest BCUT2D eigenvalue weighted by Crippen LogP contribution is 2.23. The second kappa shape index (κ2) is 10.0. The van der Waals surface area contributed by atoms with Crippen molar-refractivity contribution in [1.82, 2.24) is 25.0 Å². The number of aromatic nitrogens is 3. The number of hydrogen-bond donors (Lipinski definition) is 1. The Morgan fingerprint density at radius 2 is 2.08 bits per heavy atom. The number of guanidine groups is 1. The molecule has 0 unspecified atom stereocenters.